The molecule has 3 aromatic rings. The monoisotopic (exact) mass is 292 g/mol. The molecule has 0 aliphatic heterocycles. The van der Waals surface area contributed by atoms with Crippen molar-refractivity contribution in [2.24, 2.45) is 0 Å². The molecule has 6 heteroatoms. The molecule has 0 aliphatic carbocycles. The number of rotatable bonds is 2. The number of H-pyrrole nitrogens is 1. The fourth-order valence-corrected chi connectivity index (χ4v) is 2.47. The Morgan fingerprint density at radius 3 is 2.55 bits per heavy atom. The van der Waals surface area contributed by atoms with Gasteiger partial charge in [-0.2, -0.15) is 0 Å². The Balaban J connectivity index is 2.35. The van der Waals surface area contributed by atoms with Gasteiger partial charge < -0.3 is 9.72 Å². The Morgan fingerprint density at radius 1 is 1.10 bits per heavy atom. The van der Waals surface area contributed by atoms with E-state index in [9.17, 15) is 8.78 Å². The highest BCUT2D eigenvalue weighted by atomic mass is 32.1. The second kappa shape index (κ2) is 4.72. The molecule has 1 N–H and O–H groups in total. The highest BCUT2D eigenvalue weighted by Gasteiger charge is 2.12. The number of ether oxygens (including phenoxy) is 1. The average molecular weight is 292 g/mol. The maximum absolute atomic E-state index is 13.3. The van der Waals surface area contributed by atoms with Crippen LogP contribution in [0.15, 0.2) is 36.4 Å². The van der Waals surface area contributed by atoms with E-state index in [0.717, 1.165) is 0 Å². The van der Waals surface area contributed by atoms with Crippen molar-refractivity contribution in [3.8, 4) is 11.4 Å². The van der Waals surface area contributed by atoms with Crippen LogP contribution in [-0.4, -0.2) is 16.7 Å². The van der Waals surface area contributed by atoms with E-state index in [2.05, 4.69) is 4.98 Å². The molecule has 1 aromatic heterocycles. The minimum atomic E-state index is -0.400. The van der Waals surface area contributed by atoms with Gasteiger partial charge in [0.05, 0.1) is 23.8 Å². The zero-order chi connectivity index (χ0) is 14.3. The van der Waals surface area contributed by atoms with Crippen LogP contribution in [0.5, 0.6) is 5.75 Å². The van der Waals surface area contributed by atoms with Gasteiger partial charge in [0.1, 0.15) is 17.4 Å². The molecule has 20 heavy (non-hydrogen) atoms. The maximum Gasteiger partial charge on any atom is 0.182 e. The largest absolute Gasteiger partial charge is 0.494 e. The molecule has 0 atom stereocenters. The van der Waals surface area contributed by atoms with Crippen LogP contribution in [0.1, 0.15) is 0 Å². The molecule has 0 bridgehead atoms. The lowest BCUT2D eigenvalue weighted by Crippen LogP contribution is -1.98. The number of benzene rings is 2. The number of methoxy groups -OCH3 is 1. The zero-order valence-corrected chi connectivity index (χ0v) is 11.3. The summed E-state index contributed by atoms with van der Waals surface area (Å²) >= 11 is 5.25. The first-order chi connectivity index (χ1) is 9.60. The van der Waals surface area contributed by atoms with E-state index < -0.39 is 5.82 Å². The van der Waals surface area contributed by atoms with Crippen LogP contribution in [0.3, 0.4) is 0 Å². The summed E-state index contributed by atoms with van der Waals surface area (Å²) in [5, 5.41) is 0. The van der Waals surface area contributed by atoms with Crippen molar-refractivity contribution in [3.05, 3.63) is 52.8 Å². The smallest absolute Gasteiger partial charge is 0.182 e. The second-order valence-electron chi connectivity index (χ2n) is 4.24. The van der Waals surface area contributed by atoms with E-state index in [4.69, 9.17) is 17.0 Å². The Kier molecular flexibility index (Phi) is 3.02. The Bertz CT molecular complexity index is 854. The fraction of sp³-hybridized carbons (Fsp3) is 0.0714. The number of imidazole rings is 1. The third kappa shape index (κ3) is 1.98. The molecule has 0 unspecified atom stereocenters. The van der Waals surface area contributed by atoms with Gasteiger partial charge in [-0.3, -0.25) is 4.57 Å². The van der Waals surface area contributed by atoms with Gasteiger partial charge in [-0.1, -0.05) is 0 Å². The van der Waals surface area contributed by atoms with Crippen LogP contribution in [0, 0.1) is 16.4 Å². The summed E-state index contributed by atoms with van der Waals surface area (Å²) < 4.78 is 33.8. The van der Waals surface area contributed by atoms with Gasteiger partial charge in [0, 0.05) is 6.07 Å². The van der Waals surface area contributed by atoms with Crippen LogP contribution in [0.2, 0.25) is 0 Å². The first kappa shape index (κ1) is 12.8. The van der Waals surface area contributed by atoms with Gasteiger partial charge >= 0.3 is 0 Å². The number of aromatic nitrogens is 2. The van der Waals surface area contributed by atoms with Crippen LogP contribution >= 0.6 is 12.2 Å². The summed E-state index contributed by atoms with van der Waals surface area (Å²) in [7, 11) is 1.45. The van der Waals surface area contributed by atoms with Crippen molar-refractivity contribution in [1.82, 2.24) is 9.55 Å². The molecule has 0 saturated heterocycles. The third-order valence-corrected chi connectivity index (χ3v) is 3.31. The fourth-order valence-electron chi connectivity index (χ4n) is 2.16. The topological polar surface area (TPSA) is 29.9 Å². The summed E-state index contributed by atoms with van der Waals surface area (Å²) in [6.07, 6.45) is 0. The molecule has 0 spiro atoms. The van der Waals surface area contributed by atoms with Gasteiger partial charge in [-0.15, -0.1) is 0 Å². The lowest BCUT2D eigenvalue weighted by atomic mass is 10.2. The summed E-state index contributed by atoms with van der Waals surface area (Å²) in [5.74, 6) is -0.402. The maximum atomic E-state index is 13.3. The number of aromatic amines is 1. The van der Waals surface area contributed by atoms with Crippen LogP contribution in [0.4, 0.5) is 8.78 Å². The number of hydrogen-bond acceptors (Lipinski definition) is 2. The Hall–Kier alpha value is -2.21. The van der Waals surface area contributed by atoms with Crippen molar-refractivity contribution < 1.29 is 13.5 Å². The second-order valence-corrected chi connectivity index (χ2v) is 4.63. The third-order valence-electron chi connectivity index (χ3n) is 3.03. The number of hydrogen-bond donors (Lipinski definition) is 1. The Labute approximate surface area is 118 Å². The SMILES string of the molecule is COc1cc(F)ccc1-n1c(=S)[nH]c2cc(F)ccc21. The van der Waals surface area contributed by atoms with Gasteiger partial charge in [-0.05, 0) is 42.5 Å². The van der Waals surface area contributed by atoms with Crippen LogP contribution in [-0.2, 0) is 0 Å². The quantitative estimate of drug-likeness (QED) is 0.724. The minimum absolute atomic E-state index is 0.353. The summed E-state index contributed by atoms with van der Waals surface area (Å²) in [4.78, 5) is 2.92. The predicted molar refractivity (Wildman–Crippen MR) is 74.9 cm³/mol. The lowest BCUT2D eigenvalue weighted by Gasteiger charge is -2.10. The van der Waals surface area contributed by atoms with E-state index in [1.54, 1.807) is 16.7 Å². The van der Waals surface area contributed by atoms with Crippen molar-refractivity contribution in [2.45, 2.75) is 0 Å². The molecule has 0 saturated carbocycles. The van der Waals surface area contributed by atoms with Crippen molar-refractivity contribution in [3.63, 3.8) is 0 Å². The molecule has 0 fully saturated rings. The molecular formula is C14H10F2N2OS. The van der Waals surface area contributed by atoms with Crippen LogP contribution in [0.25, 0.3) is 16.7 Å². The van der Waals surface area contributed by atoms with Gasteiger partial charge in [0.25, 0.3) is 0 Å². The zero-order valence-electron chi connectivity index (χ0n) is 10.5. The van der Waals surface area contributed by atoms with Crippen LogP contribution < -0.4 is 4.74 Å². The highest BCUT2D eigenvalue weighted by Crippen LogP contribution is 2.28. The molecule has 102 valence electrons. The van der Waals surface area contributed by atoms with Crippen molar-refractivity contribution >= 4 is 23.3 Å². The normalized spacial score (nSPS) is 10.9. The highest BCUT2D eigenvalue weighted by molar-refractivity contribution is 7.71. The molecule has 1 heterocycles. The van der Waals surface area contributed by atoms with E-state index in [1.165, 1.54) is 31.4 Å². The average Bonchev–Trinajstić information content (AvgIpc) is 2.73. The predicted octanol–water partition coefficient (Wildman–Crippen LogP) is 3.97. The van der Waals surface area contributed by atoms with E-state index in [0.29, 0.717) is 27.2 Å². The summed E-state index contributed by atoms with van der Waals surface area (Å²) in [6.45, 7) is 0. The Morgan fingerprint density at radius 2 is 1.80 bits per heavy atom. The molecule has 0 radical (unpaired) electrons. The standard InChI is InChI=1S/C14H10F2N2OS/c1-19-13-7-9(16)3-5-12(13)18-11-4-2-8(15)6-10(11)17-14(18)20/h2-7H,1H3,(H,17,20). The van der Waals surface area contributed by atoms with E-state index in [-0.39, 0.29) is 5.82 Å². The number of nitrogens with one attached hydrogen (secondary N) is 1. The number of nitrogens with zero attached hydrogens (tertiary/aromatic N) is 1. The molecule has 0 aliphatic rings. The molecule has 2 aromatic carbocycles. The lowest BCUT2D eigenvalue weighted by molar-refractivity contribution is 0.409. The van der Waals surface area contributed by atoms with E-state index in [1.807, 2.05) is 0 Å². The number of fused-ring (bicyclic) bond motifs is 1. The number of halogens is 2. The first-order valence-corrected chi connectivity index (χ1v) is 6.25. The summed E-state index contributed by atoms with van der Waals surface area (Å²) in [5.41, 5.74) is 1.86. The summed E-state index contributed by atoms with van der Waals surface area (Å²) in [6, 6.07) is 8.48. The van der Waals surface area contributed by atoms with Gasteiger partial charge in [0.2, 0.25) is 0 Å². The minimum Gasteiger partial charge on any atom is -0.494 e. The molecular weight excluding hydrogens is 282 g/mol. The van der Waals surface area contributed by atoms with Gasteiger partial charge in [0.15, 0.2) is 4.77 Å². The molecule has 3 nitrogen and oxygen atoms in total. The first-order valence-electron chi connectivity index (χ1n) is 5.84. The van der Waals surface area contributed by atoms with Crippen molar-refractivity contribution in [1.29, 1.82) is 0 Å². The van der Waals surface area contributed by atoms with Crippen molar-refractivity contribution in [2.75, 3.05) is 7.11 Å². The van der Waals surface area contributed by atoms with E-state index >= 15 is 0 Å². The molecule has 0 amide bonds. The molecule has 3 rings (SSSR count). The van der Waals surface area contributed by atoms with Gasteiger partial charge in [-0.25, -0.2) is 8.78 Å².